The molecular weight excluding hydrogens is 550 g/mol. The average molecular weight is 582 g/mol. The zero-order chi connectivity index (χ0) is 30.5. The lowest BCUT2D eigenvalue weighted by Crippen LogP contribution is -2.32. The first-order valence-corrected chi connectivity index (χ1v) is 13.8. The molecule has 10 nitrogen and oxygen atoms in total. The molecule has 0 saturated carbocycles. The van der Waals surface area contributed by atoms with Gasteiger partial charge in [-0.15, -0.1) is 0 Å². The maximum Gasteiger partial charge on any atom is 0.351 e. The van der Waals surface area contributed by atoms with Crippen molar-refractivity contribution in [2.75, 3.05) is 11.9 Å². The van der Waals surface area contributed by atoms with Gasteiger partial charge < -0.3 is 19.5 Å². The lowest BCUT2D eigenvalue weighted by atomic mass is 10.1. The molecule has 1 saturated heterocycles. The van der Waals surface area contributed by atoms with Crippen molar-refractivity contribution in [1.82, 2.24) is 9.55 Å². The molecule has 1 N–H and O–H groups in total. The van der Waals surface area contributed by atoms with Crippen LogP contribution in [0.2, 0.25) is 0 Å². The van der Waals surface area contributed by atoms with E-state index in [2.05, 4.69) is 10.3 Å². The van der Waals surface area contributed by atoms with E-state index in [0.29, 0.717) is 16.7 Å². The number of nitrogens with zero attached hydrogens (tertiary/aromatic N) is 2. The zero-order valence-corrected chi connectivity index (χ0v) is 24.0. The topological polar surface area (TPSA) is 126 Å². The van der Waals surface area contributed by atoms with Crippen LogP contribution in [0.4, 0.5) is 5.82 Å². The summed E-state index contributed by atoms with van der Waals surface area (Å²) in [5.74, 6) is -1.44. The number of carbonyl (C=O) groups excluding carboxylic acids is 3. The lowest BCUT2D eigenvalue weighted by Gasteiger charge is -2.19. The molecule has 220 valence electrons. The maximum absolute atomic E-state index is 13.0. The Hall–Kier alpha value is -5.09. The van der Waals surface area contributed by atoms with Crippen molar-refractivity contribution in [3.8, 4) is 0 Å². The Morgan fingerprint density at radius 3 is 1.91 bits per heavy atom. The molecule has 43 heavy (non-hydrogen) atoms. The minimum Gasteiger partial charge on any atom is -0.459 e. The summed E-state index contributed by atoms with van der Waals surface area (Å²) in [6, 6.07) is 22.3. The highest BCUT2D eigenvalue weighted by atomic mass is 16.6. The van der Waals surface area contributed by atoms with E-state index >= 15 is 0 Å². The fourth-order valence-electron chi connectivity index (χ4n) is 4.57. The van der Waals surface area contributed by atoms with E-state index in [9.17, 15) is 19.2 Å². The van der Waals surface area contributed by atoms with E-state index in [1.807, 2.05) is 32.9 Å². The van der Waals surface area contributed by atoms with E-state index in [1.54, 1.807) is 60.7 Å². The number of rotatable bonds is 8. The number of carbonyl (C=O) groups is 3. The molecule has 4 aromatic rings. The van der Waals surface area contributed by atoms with Gasteiger partial charge in [-0.05, 0) is 63.2 Å². The van der Waals surface area contributed by atoms with E-state index in [0.717, 1.165) is 16.7 Å². The predicted molar refractivity (Wildman–Crippen MR) is 158 cm³/mol. The van der Waals surface area contributed by atoms with Crippen LogP contribution in [0.25, 0.3) is 0 Å². The molecule has 1 aliphatic heterocycles. The van der Waals surface area contributed by atoms with Gasteiger partial charge in [-0.3, -0.25) is 9.36 Å². The molecule has 2 heterocycles. The number of nitrogens with one attached hydrogen (secondary N) is 1. The number of benzene rings is 3. The van der Waals surface area contributed by atoms with Crippen LogP contribution in [0.3, 0.4) is 0 Å². The van der Waals surface area contributed by atoms with Crippen molar-refractivity contribution in [3.05, 3.63) is 129 Å². The van der Waals surface area contributed by atoms with Gasteiger partial charge in [0, 0.05) is 18.2 Å². The minimum atomic E-state index is -0.860. The SMILES string of the molecule is Cc1ccc(C(=O)Nc2ccn([C@H]3C[C@H](OC(=O)c4ccc(C)cc4)[C@@H](COC(=O)c4ccc(C)cc4)O3)c(=O)n2)cc1. The third-order valence-electron chi connectivity index (χ3n) is 7.09. The summed E-state index contributed by atoms with van der Waals surface area (Å²) in [7, 11) is 0. The molecule has 1 amide bonds. The predicted octanol–water partition coefficient (Wildman–Crippen LogP) is 4.79. The number of amides is 1. The van der Waals surface area contributed by atoms with Crippen LogP contribution in [0, 0.1) is 20.8 Å². The first-order valence-electron chi connectivity index (χ1n) is 13.8. The second-order valence-corrected chi connectivity index (χ2v) is 10.5. The van der Waals surface area contributed by atoms with Crippen molar-refractivity contribution in [2.45, 2.75) is 45.6 Å². The summed E-state index contributed by atoms with van der Waals surface area (Å²) >= 11 is 0. The van der Waals surface area contributed by atoms with Gasteiger partial charge in [0.15, 0.2) is 0 Å². The van der Waals surface area contributed by atoms with Gasteiger partial charge in [0.2, 0.25) is 0 Å². The number of aromatic nitrogens is 2. The Kier molecular flexibility index (Phi) is 8.77. The standard InChI is InChI=1S/C33H31N3O7/c1-20-4-10-23(11-5-20)30(37)34-28-16-17-36(33(40)35-28)29-18-26(43-32(39)25-14-8-22(3)9-15-25)27(42-29)19-41-31(38)24-12-6-21(2)7-13-24/h4-17,26-27,29H,18-19H2,1-3H3,(H,34,35,37,40)/t26-,27+,29+/m0/s1. The van der Waals surface area contributed by atoms with Gasteiger partial charge >= 0.3 is 17.6 Å². The van der Waals surface area contributed by atoms with Crippen molar-refractivity contribution >= 4 is 23.7 Å². The number of esters is 2. The third-order valence-corrected chi connectivity index (χ3v) is 7.09. The second-order valence-electron chi connectivity index (χ2n) is 10.5. The molecule has 10 heteroatoms. The van der Waals surface area contributed by atoms with Crippen LogP contribution >= 0.6 is 0 Å². The van der Waals surface area contributed by atoms with Crippen LogP contribution < -0.4 is 11.0 Å². The van der Waals surface area contributed by atoms with Crippen molar-refractivity contribution in [1.29, 1.82) is 0 Å². The minimum absolute atomic E-state index is 0.0794. The number of hydrogen-bond donors (Lipinski definition) is 1. The fraction of sp³-hybridized carbons (Fsp3) is 0.242. The molecule has 0 aliphatic carbocycles. The zero-order valence-electron chi connectivity index (χ0n) is 24.0. The molecule has 3 atom stereocenters. The van der Waals surface area contributed by atoms with Gasteiger partial charge in [0.05, 0.1) is 11.1 Å². The van der Waals surface area contributed by atoms with Gasteiger partial charge in [0.1, 0.15) is 30.9 Å². The number of ether oxygens (including phenoxy) is 3. The molecule has 5 rings (SSSR count). The van der Waals surface area contributed by atoms with Crippen molar-refractivity contribution in [2.24, 2.45) is 0 Å². The van der Waals surface area contributed by atoms with Crippen molar-refractivity contribution in [3.63, 3.8) is 0 Å². The first-order chi connectivity index (χ1) is 20.7. The van der Waals surface area contributed by atoms with Crippen LogP contribution in [-0.4, -0.2) is 46.2 Å². The number of aryl methyl sites for hydroxylation is 3. The van der Waals surface area contributed by atoms with E-state index in [4.69, 9.17) is 14.2 Å². The third kappa shape index (κ3) is 7.22. The number of anilines is 1. The molecule has 0 spiro atoms. The molecule has 1 aliphatic rings. The average Bonchev–Trinajstić information content (AvgIpc) is 3.38. The second kappa shape index (κ2) is 12.8. The molecule has 1 fully saturated rings. The van der Waals surface area contributed by atoms with Crippen LogP contribution in [0.5, 0.6) is 0 Å². The first kappa shape index (κ1) is 29.4. The highest BCUT2D eigenvalue weighted by Gasteiger charge is 2.40. The van der Waals surface area contributed by atoms with Crippen LogP contribution in [0.1, 0.15) is 60.4 Å². The monoisotopic (exact) mass is 581 g/mol. The Bertz CT molecular complexity index is 1680. The van der Waals surface area contributed by atoms with E-state index in [-0.39, 0.29) is 18.8 Å². The molecule has 3 aromatic carbocycles. The van der Waals surface area contributed by atoms with Gasteiger partial charge in [-0.1, -0.05) is 53.1 Å². The van der Waals surface area contributed by atoms with E-state index < -0.39 is 42.0 Å². The fourth-order valence-corrected chi connectivity index (χ4v) is 4.57. The largest absolute Gasteiger partial charge is 0.459 e. The van der Waals surface area contributed by atoms with Crippen LogP contribution in [0.15, 0.2) is 89.9 Å². The summed E-state index contributed by atoms with van der Waals surface area (Å²) in [5, 5.41) is 2.62. The molecule has 1 aromatic heterocycles. The summed E-state index contributed by atoms with van der Waals surface area (Å²) in [6.45, 7) is 5.53. The van der Waals surface area contributed by atoms with Crippen LogP contribution in [-0.2, 0) is 14.2 Å². The van der Waals surface area contributed by atoms with Gasteiger partial charge in [0.25, 0.3) is 5.91 Å². The summed E-state index contributed by atoms with van der Waals surface area (Å²) < 4.78 is 18.6. The highest BCUT2D eigenvalue weighted by Crippen LogP contribution is 2.31. The van der Waals surface area contributed by atoms with Crippen molar-refractivity contribution < 1.29 is 28.6 Å². The van der Waals surface area contributed by atoms with E-state index in [1.165, 1.54) is 16.8 Å². The maximum atomic E-state index is 13.0. The molecule has 0 unspecified atom stereocenters. The molecule has 0 bridgehead atoms. The molecular formula is C33H31N3O7. The highest BCUT2D eigenvalue weighted by molar-refractivity contribution is 6.03. The summed E-state index contributed by atoms with van der Waals surface area (Å²) in [4.78, 5) is 55.1. The van der Waals surface area contributed by atoms with Gasteiger partial charge in [-0.2, -0.15) is 4.98 Å². The number of hydrogen-bond acceptors (Lipinski definition) is 8. The Morgan fingerprint density at radius 1 is 0.814 bits per heavy atom. The Balaban J connectivity index is 1.31. The summed E-state index contributed by atoms with van der Waals surface area (Å²) in [6.07, 6.45) is -0.967. The molecule has 0 radical (unpaired) electrons. The Labute approximate surface area is 248 Å². The Morgan fingerprint density at radius 2 is 1.35 bits per heavy atom. The quantitative estimate of drug-likeness (QED) is 0.295. The summed E-state index contributed by atoms with van der Waals surface area (Å²) in [5.41, 5.74) is 3.49. The normalized spacial score (nSPS) is 17.7. The lowest BCUT2D eigenvalue weighted by molar-refractivity contribution is -0.0582. The van der Waals surface area contributed by atoms with Gasteiger partial charge in [-0.25, -0.2) is 14.4 Å². The smallest absolute Gasteiger partial charge is 0.351 e.